The first-order chi connectivity index (χ1) is 8.04. The Morgan fingerprint density at radius 2 is 2.24 bits per heavy atom. The highest BCUT2D eigenvalue weighted by molar-refractivity contribution is 9.10. The van der Waals surface area contributed by atoms with Crippen LogP contribution in [0.4, 0.5) is 4.39 Å². The minimum Gasteiger partial charge on any atom is -0.465 e. The maximum atomic E-state index is 13.2. The summed E-state index contributed by atoms with van der Waals surface area (Å²) in [5, 5.41) is 0.529. The SMILES string of the molecule is COC(=O)c1cnc2cc(F)c(Cl)cc2c1Br. The molecule has 0 aliphatic rings. The first-order valence-electron chi connectivity index (χ1n) is 4.56. The number of benzene rings is 1. The van der Waals surface area contributed by atoms with Crippen LogP contribution in [0.3, 0.4) is 0 Å². The zero-order chi connectivity index (χ0) is 12.6. The summed E-state index contributed by atoms with van der Waals surface area (Å²) in [4.78, 5) is 15.4. The van der Waals surface area contributed by atoms with Gasteiger partial charge in [-0.25, -0.2) is 9.18 Å². The van der Waals surface area contributed by atoms with Crippen LogP contribution >= 0.6 is 27.5 Å². The van der Waals surface area contributed by atoms with Crippen LogP contribution in [0.15, 0.2) is 22.8 Å². The molecule has 0 unspecified atom stereocenters. The van der Waals surface area contributed by atoms with Crippen molar-refractivity contribution in [3.8, 4) is 0 Å². The molecule has 0 saturated heterocycles. The molecule has 2 rings (SSSR count). The van der Waals surface area contributed by atoms with Gasteiger partial charge in [-0.1, -0.05) is 11.6 Å². The lowest BCUT2D eigenvalue weighted by molar-refractivity contribution is 0.0599. The summed E-state index contributed by atoms with van der Waals surface area (Å²) in [7, 11) is 1.27. The van der Waals surface area contributed by atoms with Crippen LogP contribution in [0.25, 0.3) is 10.9 Å². The van der Waals surface area contributed by atoms with Gasteiger partial charge < -0.3 is 4.74 Å². The third-order valence-corrected chi connectivity index (χ3v) is 3.39. The lowest BCUT2D eigenvalue weighted by Gasteiger charge is -2.06. The molecular formula is C11H6BrClFNO2. The smallest absolute Gasteiger partial charge is 0.340 e. The summed E-state index contributed by atoms with van der Waals surface area (Å²) in [5.41, 5.74) is 0.675. The Morgan fingerprint density at radius 3 is 2.88 bits per heavy atom. The van der Waals surface area contributed by atoms with Crippen molar-refractivity contribution in [3.05, 3.63) is 39.2 Å². The number of carbonyl (C=O) groups is 1. The van der Waals surface area contributed by atoms with E-state index in [1.54, 1.807) is 0 Å². The highest BCUT2D eigenvalue weighted by atomic mass is 79.9. The number of aromatic nitrogens is 1. The number of carbonyl (C=O) groups excluding carboxylic acids is 1. The molecule has 0 saturated carbocycles. The Kier molecular flexibility index (Phi) is 3.31. The van der Waals surface area contributed by atoms with Gasteiger partial charge in [-0.15, -0.1) is 0 Å². The molecule has 0 spiro atoms. The lowest BCUT2D eigenvalue weighted by atomic mass is 10.1. The molecule has 2 aromatic rings. The Bertz CT molecular complexity index is 618. The molecule has 88 valence electrons. The zero-order valence-electron chi connectivity index (χ0n) is 8.63. The van der Waals surface area contributed by atoms with Crippen molar-refractivity contribution in [2.45, 2.75) is 0 Å². The third-order valence-electron chi connectivity index (χ3n) is 2.25. The third kappa shape index (κ3) is 2.12. The second-order valence-electron chi connectivity index (χ2n) is 3.26. The van der Waals surface area contributed by atoms with Crippen LogP contribution in [0.5, 0.6) is 0 Å². The molecular weight excluding hydrogens is 312 g/mol. The standard InChI is InChI=1S/C11H6BrClFNO2/c1-17-11(16)6-4-15-9-3-8(14)7(13)2-5(9)10(6)12/h2-4H,1H3. The Hall–Kier alpha value is -1.20. The number of nitrogens with zero attached hydrogens (tertiary/aromatic N) is 1. The molecule has 6 heteroatoms. The maximum Gasteiger partial charge on any atom is 0.340 e. The number of hydrogen-bond acceptors (Lipinski definition) is 3. The summed E-state index contributed by atoms with van der Waals surface area (Å²) in [5.74, 6) is -1.07. The average molecular weight is 319 g/mol. The Morgan fingerprint density at radius 1 is 1.53 bits per heavy atom. The Balaban J connectivity index is 2.75. The van der Waals surface area contributed by atoms with E-state index in [0.29, 0.717) is 15.4 Å². The van der Waals surface area contributed by atoms with Crippen molar-refractivity contribution in [3.63, 3.8) is 0 Å². The predicted molar refractivity (Wildman–Crippen MR) is 65.8 cm³/mol. The van der Waals surface area contributed by atoms with Gasteiger partial charge in [-0.3, -0.25) is 4.98 Å². The fraction of sp³-hybridized carbons (Fsp3) is 0.0909. The number of halogens is 3. The van der Waals surface area contributed by atoms with Gasteiger partial charge in [-0.2, -0.15) is 0 Å². The van der Waals surface area contributed by atoms with Gasteiger partial charge in [0.1, 0.15) is 5.82 Å². The summed E-state index contributed by atoms with van der Waals surface area (Å²) in [6, 6.07) is 2.62. The van der Waals surface area contributed by atoms with E-state index in [1.807, 2.05) is 0 Å². The van der Waals surface area contributed by atoms with Crippen LogP contribution in [0.2, 0.25) is 5.02 Å². The molecule has 0 amide bonds. The number of ether oxygens (including phenoxy) is 1. The largest absolute Gasteiger partial charge is 0.465 e. The molecule has 0 fully saturated rings. The van der Waals surface area contributed by atoms with Gasteiger partial charge in [0, 0.05) is 22.1 Å². The van der Waals surface area contributed by atoms with E-state index in [-0.39, 0.29) is 10.6 Å². The minimum atomic E-state index is -0.551. The van der Waals surface area contributed by atoms with Crippen molar-refractivity contribution < 1.29 is 13.9 Å². The molecule has 1 aromatic heterocycles. The number of esters is 1. The van der Waals surface area contributed by atoms with E-state index >= 15 is 0 Å². The van der Waals surface area contributed by atoms with Crippen molar-refractivity contribution >= 4 is 44.4 Å². The van der Waals surface area contributed by atoms with Crippen LogP contribution < -0.4 is 0 Å². The summed E-state index contributed by atoms with van der Waals surface area (Å²) < 4.78 is 18.3. The highest BCUT2D eigenvalue weighted by Gasteiger charge is 2.15. The van der Waals surface area contributed by atoms with E-state index in [2.05, 4.69) is 25.7 Å². The first-order valence-corrected chi connectivity index (χ1v) is 5.73. The van der Waals surface area contributed by atoms with Gasteiger partial charge in [-0.05, 0) is 22.0 Å². The zero-order valence-corrected chi connectivity index (χ0v) is 11.0. The summed E-state index contributed by atoms with van der Waals surface area (Å²) in [6.07, 6.45) is 1.32. The molecule has 0 radical (unpaired) electrons. The van der Waals surface area contributed by atoms with E-state index < -0.39 is 11.8 Å². The summed E-state index contributed by atoms with van der Waals surface area (Å²) >= 11 is 8.95. The maximum absolute atomic E-state index is 13.2. The van der Waals surface area contributed by atoms with Gasteiger partial charge in [0.2, 0.25) is 0 Å². The van der Waals surface area contributed by atoms with E-state index in [9.17, 15) is 9.18 Å². The van der Waals surface area contributed by atoms with Gasteiger partial charge in [0.25, 0.3) is 0 Å². The number of pyridine rings is 1. The molecule has 0 atom stereocenters. The number of hydrogen-bond donors (Lipinski definition) is 0. The topological polar surface area (TPSA) is 39.2 Å². The van der Waals surface area contributed by atoms with Crippen LogP contribution in [-0.2, 0) is 4.74 Å². The lowest BCUT2D eigenvalue weighted by Crippen LogP contribution is -2.03. The van der Waals surface area contributed by atoms with E-state index in [1.165, 1.54) is 25.4 Å². The molecule has 0 bridgehead atoms. The molecule has 1 heterocycles. The molecule has 17 heavy (non-hydrogen) atoms. The van der Waals surface area contributed by atoms with Gasteiger partial charge >= 0.3 is 5.97 Å². The Labute approximate surface area is 110 Å². The second-order valence-corrected chi connectivity index (χ2v) is 4.46. The monoisotopic (exact) mass is 317 g/mol. The fourth-order valence-corrected chi connectivity index (χ4v) is 2.15. The highest BCUT2D eigenvalue weighted by Crippen LogP contribution is 2.30. The minimum absolute atomic E-state index is 0.0259. The quantitative estimate of drug-likeness (QED) is 0.755. The van der Waals surface area contributed by atoms with Crippen molar-refractivity contribution in [1.82, 2.24) is 4.98 Å². The number of rotatable bonds is 1. The average Bonchev–Trinajstić information content (AvgIpc) is 2.31. The van der Waals surface area contributed by atoms with Crippen molar-refractivity contribution in [2.24, 2.45) is 0 Å². The summed E-state index contributed by atoms with van der Waals surface area (Å²) in [6.45, 7) is 0. The molecule has 0 aliphatic carbocycles. The fourth-order valence-electron chi connectivity index (χ4n) is 1.41. The molecule has 0 N–H and O–H groups in total. The first kappa shape index (κ1) is 12.3. The van der Waals surface area contributed by atoms with Gasteiger partial charge in [0.05, 0.1) is 23.2 Å². The van der Waals surface area contributed by atoms with Crippen molar-refractivity contribution in [1.29, 1.82) is 0 Å². The van der Waals surface area contributed by atoms with Gasteiger partial charge in [0.15, 0.2) is 0 Å². The molecule has 3 nitrogen and oxygen atoms in total. The van der Waals surface area contributed by atoms with E-state index in [4.69, 9.17) is 11.6 Å². The predicted octanol–water partition coefficient (Wildman–Crippen LogP) is 3.58. The van der Waals surface area contributed by atoms with Crippen LogP contribution in [0, 0.1) is 5.82 Å². The number of methoxy groups -OCH3 is 1. The van der Waals surface area contributed by atoms with Crippen molar-refractivity contribution in [2.75, 3.05) is 7.11 Å². The number of fused-ring (bicyclic) bond motifs is 1. The molecule has 0 aliphatic heterocycles. The van der Waals surface area contributed by atoms with E-state index in [0.717, 1.165) is 0 Å². The molecule has 1 aromatic carbocycles. The second kappa shape index (κ2) is 4.58. The van der Waals surface area contributed by atoms with Crippen LogP contribution in [0.1, 0.15) is 10.4 Å². The van der Waals surface area contributed by atoms with Crippen LogP contribution in [-0.4, -0.2) is 18.1 Å². The normalized spacial score (nSPS) is 10.6.